The van der Waals surface area contributed by atoms with Crippen LogP contribution in [0.4, 0.5) is 0 Å². The number of nitriles is 1. The van der Waals surface area contributed by atoms with Gasteiger partial charge in [-0.2, -0.15) is 5.26 Å². The van der Waals surface area contributed by atoms with E-state index in [-0.39, 0.29) is 6.42 Å². The third kappa shape index (κ3) is 2.54. The van der Waals surface area contributed by atoms with Gasteiger partial charge in [-0.15, -0.1) is 0 Å². The monoisotopic (exact) mass is 191 g/mol. The maximum Gasteiger partial charge on any atom is 0.320 e. The highest BCUT2D eigenvalue weighted by Crippen LogP contribution is 2.02. The number of nitrogens with two attached hydrogens (primary N) is 1. The Morgan fingerprint density at radius 1 is 1.71 bits per heavy atom. The summed E-state index contributed by atoms with van der Waals surface area (Å²) in [5.41, 5.74) is 6.34. The van der Waals surface area contributed by atoms with Crippen LogP contribution in [-0.2, 0) is 11.2 Å². The number of pyridine rings is 1. The standard InChI is InChI=1S/C9H9N3O2/c10-4-7-2-1-6(5-12-7)3-8(11)9(13)14/h1-2,5,8H,3,11H2,(H,13,14)/t8-/m0/s1. The van der Waals surface area contributed by atoms with Gasteiger partial charge in [0.2, 0.25) is 0 Å². The molecular weight excluding hydrogens is 182 g/mol. The Hall–Kier alpha value is -1.93. The van der Waals surface area contributed by atoms with E-state index in [1.165, 1.54) is 12.3 Å². The van der Waals surface area contributed by atoms with Crippen molar-refractivity contribution in [2.24, 2.45) is 5.73 Å². The Kier molecular flexibility index (Phi) is 3.15. The lowest BCUT2D eigenvalue weighted by atomic mass is 10.1. The zero-order valence-corrected chi connectivity index (χ0v) is 7.34. The molecule has 1 aromatic rings. The van der Waals surface area contributed by atoms with Crippen molar-refractivity contribution in [2.75, 3.05) is 0 Å². The van der Waals surface area contributed by atoms with E-state index in [9.17, 15) is 4.79 Å². The summed E-state index contributed by atoms with van der Waals surface area (Å²) in [4.78, 5) is 14.2. The number of carbonyl (C=O) groups is 1. The van der Waals surface area contributed by atoms with Crippen LogP contribution >= 0.6 is 0 Å². The van der Waals surface area contributed by atoms with Crippen molar-refractivity contribution >= 4 is 5.97 Å². The van der Waals surface area contributed by atoms with Gasteiger partial charge in [-0.1, -0.05) is 6.07 Å². The molecule has 5 heteroatoms. The summed E-state index contributed by atoms with van der Waals surface area (Å²) in [6.45, 7) is 0. The molecule has 0 aliphatic rings. The molecular formula is C9H9N3O2. The number of nitrogens with zero attached hydrogens (tertiary/aromatic N) is 2. The second-order valence-corrected chi connectivity index (χ2v) is 2.81. The van der Waals surface area contributed by atoms with E-state index in [2.05, 4.69) is 4.98 Å². The van der Waals surface area contributed by atoms with Gasteiger partial charge in [0.25, 0.3) is 0 Å². The molecule has 0 amide bonds. The van der Waals surface area contributed by atoms with Crippen LogP contribution in [0, 0.1) is 11.3 Å². The van der Waals surface area contributed by atoms with E-state index in [0.717, 1.165) is 0 Å². The van der Waals surface area contributed by atoms with Crippen molar-refractivity contribution in [1.29, 1.82) is 5.26 Å². The molecule has 0 saturated heterocycles. The first kappa shape index (κ1) is 10.2. The fraction of sp³-hybridized carbons (Fsp3) is 0.222. The average Bonchev–Trinajstić information content (AvgIpc) is 2.19. The number of carboxylic acids is 1. The van der Waals surface area contributed by atoms with Gasteiger partial charge in [0.05, 0.1) is 0 Å². The topological polar surface area (TPSA) is 100 Å². The van der Waals surface area contributed by atoms with Crippen LogP contribution in [0.15, 0.2) is 18.3 Å². The Morgan fingerprint density at radius 2 is 2.43 bits per heavy atom. The number of hydrogen-bond acceptors (Lipinski definition) is 4. The maximum absolute atomic E-state index is 10.4. The first-order valence-corrected chi connectivity index (χ1v) is 3.97. The van der Waals surface area contributed by atoms with Crippen LogP contribution in [0.5, 0.6) is 0 Å². The molecule has 1 aromatic heterocycles. The lowest BCUT2D eigenvalue weighted by molar-refractivity contribution is -0.138. The molecule has 0 aliphatic carbocycles. The van der Waals surface area contributed by atoms with Gasteiger partial charge in [0, 0.05) is 6.20 Å². The Morgan fingerprint density at radius 3 is 2.86 bits per heavy atom. The van der Waals surface area contributed by atoms with E-state index in [1.807, 2.05) is 6.07 Å². The normalized spacial score (nSPS) is 11.7. The second kappa shape index (κ2) is 4.35. The highest BCUT2D eigenvalue weighted by atomic mass is 16.4. The molecule has 0 spiro atoms. The molecule has 1 rings (SSSR count). The minimum atomic E-state index is -1.05. The van der Waals surface area contributed by atoms with Crippen molar-refractivity contribution in [3.05, 3.63) is 29.6 Å². The molecule has 0 radical (unpaired) electrons. The van der Waals surface area contributed by atoms with Gasteiger partial charge in [-0.25, -0.2) is 4.98 Å². The molecule has 1 heterocycles. The summed E-state index contributed by atoms with van der Waals surface area (Å²) >= 11 is 0. The molecule has 3 N–H and O–H groups in total. The van der Waals surface area contributed by atoms with E-state index in [1.54, 1.807) is 6.07 Å². The Labute approximate surface area is 80.8 Å². The van der Waals surface area contributed by atoms with Crippen LogP contribution in [-0.4, -0.2) is 22.1 Å². The summed E-state index contributed by atoms with van der Waals surface area (Å²) in [5, 5.41) is 17.0. The molecule has 0 saturated carbocycles. The van der Waals surface area contributed by atoms with Gasteiger partial charge >= 0.3 is 5.97 Å². The van der Waals surface area contributed by atoms with Crippen molar-refractivity contribution in [2.45, 2.75) is 12.5 Å². The van der Waals surface area contributed by atoms with Crippen LogP contribution in [0.25, 0.3) is 0 Å². The summed E-state index contributed by atoms with van der Waals surface area (Å²) < 4.78 is 0. The summed E-state index contributed by atoms with van der Waals surface area (Å²) in [7, 11) is 0. The Balaban J connectivity index is 2.70. The van der Waals surface area contributed by atoms with Gasteiger partial charge in [-0.3, -0.25) is 4.79 Å². The zero-order chi connectivity index (χ0) is 10.6. The highest BCUT2D eigenvalue weighted by Gasteiger charge is 2.11. The fourth-order valence-corrected chi connectivity index (χ4v) is 0.953. The first-order valence-electron chi connectivity index (χ1n) is 3.97. The Bertz CT molecular complexity index is 367. The molecule has 72 valence electrons. The SMILES string of the molecule is N#Cc1ccc(C[C@H](N)C(=O)O)cn1. The molecule has 0 aromatic carbocycles. The predicted octanol–water partition coefficient (Wildman–Crippen LogP) is -0.0923. The van der Waals surface area contributed by atoms with Gasteiger partial charge in [0.1, 0.15) is 17.8 Å². The third-order valence-corrected chi connectivity index (χ3v) is 1.71. The first-order chi connectivity index (χ1) is 6.63. The number of aromatic nitrogens is 1. The lowest BCUT2D eigenvalue weighted by Gasteiger charge is -2.05. The van der Waals surface area contributed by atoms with E-state index in [0.29, 0.717) is 11.3 Å². The largest absolute Gasteiger partial charge is 0.480 e. The van der Waals surface area contributed by atoms with Crippen LogP contribution in [0.3, 0.4) is 0 Å². The van der Waals surface area contributed by atoms with Crippen molar-refractivity contribution in [3.8, 4) is 6.07 Å². The third-order valence-electron chi connectivity index (χ3n) is 1.71. The summed E-state index contributed by atoms with van der Waals surface area (Å²) in [5.74, 6) is -1.05. The van der Waals surface area contributed by atoms with Crippen molar-refractivity contribution < 1.29 is 9.90 Å². The molecule has 0 fully saturated rings. The summed E-state index contributed by atoms with van der Waals surface area (Å²) in [6, 6.07) is 4.12. The number of carboxylic acid groups (broad SMARTS) is 1. The van der Waals surface area contributed by atoms with Crippen molar-refractivity contribution in [3.63, 3.8) is 0 Å². The average molecular weight is 191 g/mol. The minimum absolute atomic E-state index is 0.216. The van der Waals surface area contributed by atoms with E-state index < -0.39 is 12.0 Å². The highest BCUT2D eigenvalue weighted by molar-refractivity contribution is 5.73. The van der Waals surface area contributed by atoms with Crippen molar-refractivity contribution in [1.82, 2.24) is 4.98 Å². The lowest BCUT2D eigenvalue weighted by Crippen LogP contribution is -2.32. The number of aliphatic carboxylic acids is 1. The quantitative estimate of drug-likeness (QED) is 0.695. The van der Waals surface area contributed by atoms with Gasteiger partial charge < -0.3 is 10.8 Å². The molecule has 1 atom stereocenters. The van der Waals surface area contributed by atoms with E-state index >= 15 is 0 Å². The number of hydrogen-bond donors (Lipinski definition) is 2. The smallest absolute Gasteiger partial charge is 0.320 e. The molecule has 0 bridgehead atoms. The van der Waals surface area contributed by atoms with Crippen LogP contribution in [0.1, 0.15) is 11.3 Å². The van der Waals surface area contributed by atoms with Crippen LogP contribution in [0.2, 0.25) is 0 Å². The van der Waals surface area contributed by atoms with E-state index in [4.69, 9.17) is 16.1 Å². The molecule has 14 heavy (non-hydrogen) atoms. The zero-order valence-electron chi connectivity index (χ0n) is 7.34. The van der Waals surface area contributed by atoms with Crippen LogP contribution < -0.4 is 5.73 Å². The minimum Gasteiger partial charge on any atom is -0.480 e. The second-order valence-electron chi connectivity index (χ2n) is 2.81. The number of rotatable bonds is 3. The molecule has 5 nitrogen and oxygen atoms in total. The molecule has 0 unspecified atom stereocenters. The summed E-state index contributed by atoms with van der Waals surface area (Å²) in [6.07, 6.45) is 1.68. The predicted molar refractivity (Wildman–Crippen MR) is 48.3 cm³/mol. The van der Waals surface area contributed by atoms with Gasteiger partial charge in [-0.05, 0) is 18.1 Å². The maximum atomic E-state index is 10.4. The molecule has 0 aliphatic heterocycles. The fourth-order valence-electron chi connectivity index (χ4n) is 0.953. The van der Waals surface area contributed by atoms with Gasteiger partial charge in [0.15, 0.2) is 0 Å².